The highest BCUT2D eigenvalue weighted by molar-refractivity contribution is 8.00. The van der Waals surface area contributed by atoms with Gasteiger partial charge in [-0.15, -0.1) is 11.8 Å². The molecule has 1 saturated carbocycles. The Hall–Kier alpha value is -3.05. The van der Waals surface area contributed by atoms with Crippen molar-refractivity contribution in [3.63, 3.8) is 0 Å². The molecule has 0 spiro atoms. The molecule has 0 saturated heterocycles. The molecule has 3 aromatic carbocycles. The molecule has 0 heterocycles. The van der Waals surface area contributed by atoms with Gasteiger partial charge in [-0.25, -0.2) is 0 Å². The Morgan fingerprint density at radius 1 is 0.818 bits per heavy atom. The van der Waals surface area contributed by atoms with Crippen LogP contribution in [-0.2, 0) is 9.59 Å². The maximum atomic E-state index is 13.3. The number of anilines is 2. The number of hydrogen-bond acceptors (Lipinski definition) is 3. The molecule has 170 valence electrons. The van der Waals surface area contributed by atoms with E-state index in [0.29, 0.717) is 0 Å². The van der Waals surface area contributed by atoms with Crippen molar-refractivity contribution in [1.29, 1.82) is 0 Å². The molecule has 1 unspecified atom stereocenters. The van der Waals surface area contributed by atoms with Crippen LogP contribution in [0.4, 0.5) is 11.4 Å². The van der Waals surface area contributed by atoms with Crippen LogP contribution in [0.2, 0.25) is 0 Å². The molecule has 1 fully saturated rings. The molecule has 33 heavy (non-hydrogen) atoms. The maximum Gasteiger partial charge on any atom is 0.242 e. The number of nitrogens with one attached hydrogen (secondary N) is 2. The highest BCUT2D eigenvalue weighted by atomic mass is 32.2. The first-order chi connectivity index (χ1) is 16.1. The van der Waals surface area contributed by atoms with Crippen molar-refractivity contribution in [1.82, 2.24) is 0 Å². The minimum atomic E-state index is -0.420. The molecular formula is C28H30N2O2S. The fraction of sp³-hybridized carbons (Fsp3) is 0.286. The molecule has 1 aliphatic rings. The quantitative estimate of drug-likeness (QED) is 0.375. The number of carbonyl (C=O) groups excluding carboxylic acids is 2. The van der Waals surface area contributed by atoms with Gasteiger partial charge in [-0.05, 0) is 55.7 Å². The Bertz CT molecular complexity index is 1080. The van der Waals surface area contributed by atoms with Crippen LogP contribution >= 0.6 is 11.8 Å². The van der Waals surface area contributed by atoms with Gasteiger partial charge in [0.1, 0.15) is 5.25 Å². The standard InChI is InChI=1S/C28H30N2O2S/c1-20-15-17-23(18-16-20)29-28(32)26(21-9-4-2-5-10-21)33-25-14-8-13-24(19-25)30-27(31)22-11-6-3-7-12-22/h2,4-5,8-10,13-19,22,26H,3,6-7,11-12H2,1H3,(H,29,32)(H,30,31). The lowest BCUT2D eigenvalue weighted by molar-refractivity contribution is -0.120. The second kappa shape index (κ2) is 11.2. The average Bonchev–Trinajstić information content (AvgIpc) is 2.85. The largest absolute Gasteiger partial charge is 0.326 e. The molecular weight excluding hydrogens is 428 g/mol. The van der Waals surface area contributed by atoms with Gasteiger partial charge in [0.2, 0.25) is 11.8 Å². The summed E-state index contributed by atoms with van der Waals surface area (Å²) in [5.74, 6) is 0.132. The van der Waals surface area contributed by atoms with Crippen LogP contribution in [0.25, 0.3) is 0 Å². The molecule has 2 amide bonds. The van der Waals surface area contributed by atoms with Crippen molar-refractivity contribution >= 4 is 35.0 Å². The second-order valence-electron chi connectivity index (χ2n) is 8.62. The summed E-state index contributed by atoms with van der Waals surface area (Å²) >= 11 is 1.49. The molecule has 0 aliphatic heterocycles. The molecule has 1 atom stereocenters. The molecule has 5 heteroatoms. The van der Waals surface area contributed by atoms with Gasteiger partial charge in [-0.2, -0.15) is 0 Å². The van der Waals surface area contributed by atoms with Crippen LogP contribution in [0.3, 0.4) is 0 Å². The Kier molecular flexibility index (Phi) is 7.84. The third kappa shape index (κ3) is 6.48. The van der Waals surface area contributed by atoms with E-state index in [9.17, 15) is 9.59 Å². The third-order valence-corrected chi connectivity index (χ3v) is 7.24. The summed E-state index contributed by atoms with van der Waals surface area (Å²) < 4.78 is 0. The fourth-order valence-corrected chi connectivity index (χ4v) is 5.22. The molecule has 4 nitrogen and oxygen atoms in total. The topological polar surface area (TPSA) is 58.2 Å². The van der Waals surface area contributed by atoms with Gasteiger partial charge in [-0.1, -0.05) is 73.4 Å². The van der Waals surface area contributed by atoms with E-state index in [4.69, 9.17) is 0 Å². The van der Waals surface area contributed by atoms with Crippen molar-refractivity contribution in [3.8, 4) is 0 Å². The maximum absolute atomic E-state index is 13.3. The van der Waals surface area contributed by atoms with E-state index in [1.54, 1.807) is 0 Å². The van der Waals surface area contributed by atoms with Gasteiger partial charge >= 0.3 is 0 Å². The Morgan fingerprint density at radius 2 is 1.55 bits per heavy atom. The Labute approximate surface area is 200 Å². The normalized spacial score (nSPS) is 14.9. The minimum Gasteiger partial charge on any atom is -0.326 e. The predicted octanol–water partition coefficient (Wildman–Crippen LogP) is 6.99. The van der Waals surface area contributed by atoms with E-state index < -0.39 is 5.25 Å². The third-order valence-electron chi connectivity index (χ3n) is 5.99. The summed E-state index contributed by atoms with van der Waals surface area (Å²) in [6.07, 6.45) is 5.41. The van der Waals surface area contributed by atoms with Gasteiger partial charge in [0.25, 0.3) is 0 Å². The Balaban J connectivity index is 1.50. The molecule has 0 aromatic heterocycles. The number of hydrogen-bond donors (Lipinski definition) is 2. The van der Waals surface area contributed by atoms with Crippen LogP contribution in [0.15, 0.2) is 83.8 Å². The first-order valence-electron chi connectivity index (χ1n) is 11.6. The van der Waals surface area contributed by atoms with Crippen LogP contribution < -0.4 is 10.6 Å². The summed E-state index contributed by atoms with van der Waals surface area (Å²) in [4.78, 5) is 26.9. The van der Waals surface area contributed by atoms with E-state index in [1.165, 1.54) is 18.2 Å². The summed E-state index contributed by atoms with van der Waals surface area (Å²) in [6.45, 7) is 2.02. The second-order valence-corrected chi connectivity index (χ2v) is 9.79. The predicted molar refractivity (Wildman–Crippen MR) is 136 cm³/mol. The van der Waals surface area contributed by atoms with Crippen molar-refractivity contribution < 1.29 is 9.59 Å². The lowest BCUT2D eigenvalue weighted by atomic mass is 9.88. The zero-order valence-electron chi connectivity index (χ0n) is 18.9. The van der Waals surface area contributed by atoms with Crippen LogP contribution in [0, 0.1) is 12.8 Å². The highest BCUT2D eigenvalue weighted by Gasteiger charge is 2.23. The van der Waals surface area contributed by atoms with Gasteiger partial charge in [0.15, 0.2) is 0 Å². The minimum absolute atomic E-state index is 0.0771. The number of amides is 2. The number of thioether (sulfide) groups is 1. The van der Waals surface area contributed by atoms with Crippen LogP contribution in [0.1, 0.15) is 48.5 Å². The fourth-order valence-electron chi connectivity index (χ4n) is 4.14. The number of rotatable bonds is 7. The SMILES string of the molecule is Cc1ccc(NC(=O)C(Sc2cccc(NC(=O)C3CCCCC3)c2)c2ccccc2)cc1. The van der Waals surface area contributed by atoms with E-state index in [0.717, 1.165) is 53.1 Å². The first kappa shape index (κ1) is 23.1. The molecule has 0 bridgehead atoms. The zero-order chi connectivity index (χ0) is 23.0. The molecule has 4 rings (SSSR count). The van der Waals surface area contributed by atoms with Gasteiger partial charge in [0, 0.05) is 22.2 Å². The number of benzene rings is 3. The smallest absolute Gasteiger partial charge is 0.242 e. The Morgan fingerprint density at radius 3 is 2.27 bits per heavy atom. The van der Waals surface area contributed by atoms with Gasteiger partial charge < -0.3 is 10.6 Å². The number of carbonyl (C=O) groups is 2. The molecule has 1 aliphatic carbocycles. The van der Waals surface area contributed by atoms with Crippen molar-refractivity contribution in [2.75, 3.05) is 10.6 Å². The lowest BCUT2D eigenvalue weighted by Gasteiger charge is -2.21. The average molecular weight is 459 g/mol. The number of aryl methyl sites for hydroxylation is 1. The van der Waals surface area contributed by atoms with Crippen LogP contribution in [-0.4, -0.2) is 11.8 Å². The summed E-state index contributed by atoms with van der Waals surface area (Å²) in [5.41, 5.74) is 3.64. The van der Waals surface area contributed by atoms with Crippen LogP contribution in [0.5, 0.6) is 0 Å². The summed E-state index contributed by atoms with van der Waals surface area (Å²) in [5, 5.41) is 5.72. The monoisotopic (exact) mass is 458 g/mol. The van der Waals surface area contributed by atoms with E-state index >= 15 is 0 Å². The van der Waals surface area contributed by atoms with Gasteiger partial charge in [0.05, 0.1) is 0 Å². The zero-order valence-corrected chi connectivity index (χ0v) is 19.7. The summed E-state index contributed by atoms with van der Waals surface area (Å²) in [6, 6.07) is 25.4. The molecule has 0 radical (unpaired) electrons. The van der Waals surface area contributed by atoms with E-state index in [-0.39, 0.29) is 17.7 Å². The first-order valence-corrected chi connectivity index (χ1v) is 12.5. The molecule has 2 N–H and O–H groups in total. The van der Waals surface area contributed by atoms with E-state index in [1.807, 2.05) is 85.8 Å². The van der Waals surface area contributed by atoms with Crippen molar-refractivity contribution in [2.45, 2.75) is 49.2 Å². The van der Waals surface area contributed by atoms with Gasteiger partial charge in [-0.3, -0.25) is 9.59 Å². The summed E-state index contributed by atoms with van der Waals surface area (Å²) in [7, 11) is 0. The van der Waals surface area contributed by atoms with E-state index in [2.05, 4.69) is 10.6 Å². The van der Waals surface area contributed by atoms with Crippen molar-refractivity contribution in [2.24, 2.45) is 5.92 Å². The van der Waals surface area contributed by atoms with Crippen molar-refractivity contribution in [3.05, 3.63) is 90.0 Å². The molecule has 3 aromatic rings. The highest BCUT2D eigenvalue weighted by Crippen LogP contribution is 2.37. The lowest BCUT2D eigenvalue weighted by Crippen LogP contribution is -2.24.